The summed E-state index contributed by atoms with van der Waals surface area (Å²) in [5.74, 6) is 0.643. The van der Waals surface area contributed by atoms with Gasteiger partial charge in [0.05, 0.1) is 0 Å². The van der Waals surface area contributed by atoms with Gasteiger partial charge in [-0.25, -0.2) is 0 Å². The van der Waals surface area contributed by atoms with Crippen LogP contribution >= 0.6 is 0 Å². The third-order valence-corrected chi connectivity index (χ3v) is 7.53. The van der Waals surface area contributed by atoms with Gasteiger partial charge in [0.15, 0.2) is 0 Å². The summed E-state index contributed by atoms with van der Waals surface area (Å²) in [5, 5.41) is 0. The van der Waals surface area contributed by atoms with Crippen molar-refractivity contribution in [2.75, 3.05) is 0 Å². The van der Waals surface area contributed by atoms with Crippen molar-refractivity contribution in [2.45, 2.75) is 20.3 Å². The summed E-state index contributed by atoms with van der Waals surface area (Å²) in [7, 11) is 0. The molecule has 0 saturated carbocycles. The predicted molar refractivity (Wildman–Crippen MR) is 85.3 cm³/mol. The summed E-state index contributed by atoms with van der Waals surface area (Å²) < 4.78 is 3.34. The van der Waals surface area contributed by atoms with E-state index in [0.29, 0.717) is 5.92 Å². The molecule has 2 aromatic rings. The van der Waals surface area contributed by atoms with E-state index < -0.39 is 0 Å². The van der Waals surface area contributed by atoms with Crippen molar-refractivity contribution in [2.24, 2.45) is 5.92 Å². The van der Waals surface area contributed by atoms with Gasteiger partial charge in [0.1, 0.15) is 0 Å². The Morgan fingerprint density at radius 2 is 1.70 bits per heavy atom. The molecule has 1 atom stereocenters. The van der Waals surface area contributed by atoms with Crippen molar-refractivity contribution >= 4 is 3.87 Å². The van der Waals surface area contributed by atoms with E-state index in [1.807, 2.05) is 0 Å². The third-order valence-electron chi connectivity index (χ3n) is 4.64. The summed E-state index contributed by atoms with van der Waals surface area (Å²) in [6, 6.07) is 15.8. The summed E-state index contributed by atoms with van der Waals surface area (Å²) in [6.07, 6.45) is 5.78. The van der Waals surface area contributed by atoms with Gasteiger partial charge in [0.25, 0.3) is 0 Å². The Kier molecular flexibility index (Phi) is 5.97. The molecule has 4 rings (SSSR count). The molecule has 3 heteroatoms. The SMILES string of the molecule is CC1=[C]([Ti+2][c]2cccc3c2Cc2ccccc2-3)C(C)C=C1.[Cl-].[Cl-]. The van der Waals surface area contributed by atoms with Gasteiger partial charge in [-0.1, -0.05) is 0 Å². The fourth-order valence-electron chi connectivity index (χ4n) is 3.47. The zero-order valence-corrected chi connectivity index (χ0v) is 16.3. The zero-order valence-electron chi connectivity index (χ0n) is 13.2. The number of rotatable bonds is 2. The second-order valence-electron chi connectivity index (χ2n) is 6.04. The van der Waals surface area contributed by atoms with E-state index in [4.69, 9.17) is 0 Å². The number of benzene rings is 2. The minimum atomic E-state index is -0.205. The first-order valence-electron chi connectivity index (χ1n) is 7.60. The van der Waals surface area contributed by atoms with Crippen LogP contribution in [0.3, 0.4) is 0 Å². The molecule has 0 amide bonds. The predicted octanol–water partition coefficient (Wildman–Crippen LogP) is -1.55. The topological polar surface area (TPSA) is 0 Å². The summed E-state index contributed by atoms with van der Waals surface area (Å²) in [6.45, 7) is 4.61. The van der Waals surface area contributed by atoms with Crippen LogP contribution < -0.4 is 28.7 Å². The molecule has 0 nitrogen and oxygen atoms in total. The van der Waals surface area contributed by atoms with Crippen molar-refractivity contribution < 1.29 is 44.0 Å². The molecular formula is C20H18Cl2Ti. The average molecular weight is 377 g/mol. The van der Waals surface area contributed by atoms with Crippen LogP contribution in [0.2, 0.25) is 0 Å². The quantitative estimate of drug-likeness (QED) is 0.475. The van der Waals surface area contributed by atoms with Gasteiger partial charge in [-0.15, -0.1) is 0 Å². The third kappa shape index (κ3) is 3.23. The molecule has 0 saturated heterocycles. The Labute approximate surface area is 159 Å². The Morgan fingerprint density at radius 1 is 0.957 bits per heavy atom. The number of hydrogen-bond acceptors (Lipinski definition) is 0. The van der Waals surface area contributed by atoms with E-state index in [1.54, 1.807) is 13.3 Å². The molecule has 0 N–H and O–H groups in total. The Bertz CT molecular complexity index is 790. The van der Waals surface area contributed by atoms with E-state index in [2.05, 4.69) is 68.5 Å². The Balaban J connectivity index is 0.000000960. The number of halogens is 2. The van der Waals surface area contributed by atoms with E-state index >= 15 is 0 Å². The van der Waals surface area contributed by atoms with Crippen LogP contribution in [-0.4, -0.2) is 0 Å². The molecule has 0 heterocycles. The standard InChI is InChI=1S/C13H9.C7H9.2ClH.Ti/c1-3-7-12-10(5-1)9-11-6-2-4-8-13(11)12;1-6-3-4-7(2)5-6;;;/h1-5,7-8H,9H2;3-4,6H,1-2H3;2*1H;/q;;;;+2/p-2. The van der Waals surface area contributed by atoms with Crippen LogP contribution in [-0.2, 0) is 25.6 Å². The van der Waals surface area contributed by atoms with Gasteiger partial charge in [0.2, 0.25) is 0 Å². The number of allylic oxidation sites excluding steroid dienone is 4. The molecule has 23 heavy (non-hydrogen) atoms. The summed E-state index contributed by atoms with van der Waals surface area (Å²) in [5.41, 5.74) is 7.52. The molecule has 2 aliphatic carbocycles. The van der Waals surface area contributed by atoms with Crippen LogP contribution in [0, 0.1) is 5.92 Å². The van der Waals surface area contributed by atoms with Crippen LogP contribution in [0.15, 0.2) is 64.1 Å². The minimum Gasteiger partial charge on any atom is -1.00 e. The van der Waals surface area contributed by atoms with E-state index in [9.17, 15) is 0 Å². The molecular weight excluding hydrogens is 359 g/mol. The Morgan fingerprint density at radius 3 is 2.43 bits per heavy atom. The van der Waals surface area contributed by atoms with E-state index in [1.165, 1.54) is 22.3 Å². The van der Waals surface area contributed by atoms with Gasteiger partial charge >= 0.3 is 136 Å². The van der Waals surface area contributed by atoms with Crippen molar-refractivity contribution in [1.82, 2.24) is 0 Å². The Hall–Kier alpha value is -0.786. The van der Waals surface area contributed by atoms with Crippen molar-refractivity contribution in [3.63, 3.8) is 0 Å². The van der Waals surface area contributed by atoms with Crippen LogP contribution in [0.4, 0.5) is 0 Å². The molecule has 0 radical (unpaired) electrons. The van der Waals surface area contributed by atoms with Crippen molar-refractivity contribution in [3.8, 4) is 11.1 Å². The van der Waals surface area contributed by atoms with Crippen LogP contribution in [0.5, 0.6) is 0 Å². The first kappa shape index (κ1) is 18.6. The molecule has 2 aromatic carbocycles. The number of hydrogen-bond donors (Lipinski definition) is 0. The maximum absolute atomic E-state index is 2.37. The van der Waals surface area contributed by atoms with Gasteiger partial charge in [-0.05, 0) is 0 Å². The molecule has 0 spiro atoms. The van der Waals surface area contributed by atoms with Gasteiger partial charge in [0, 0.05) is 0 Å². The summed E-state index contributed by atoms with van der Waals surface area (Å²) >= 11 is -0.205. The van der Waals surface area contributed by atoms with E-state index in [-0.39, 0.29) is 44.0 Å². The molecule has 0 fully saturated rings. The van der Waals surface area contributed by atoms with Crippen LogP contribution in [0.1, 0.15) is 25.0 Å². The normalized spacial score (nSPS) is 17.0. The maximum Gasteiger partial charge on any atom is -1.00 e. The maximum atomic E-state index is 2.37. The number of fused-ring (bicyclic) bond motifs is 3. The van der Waals surface area contributed by atoms with Gasteiger partial charge in [-0.2, -0.15) is 0 Å². The largest absolute Gasteiger partial charge is 1.00 e. The minimum absolute atomic E-state index is 0. The first-order chi connectivity index (χ1) is 10.2. The van der Waals surface area contributed by atoms with Crippen LogP contribution in [0.25, 0.3) is 11.1 Å². The molecule has 2 aliphatic rings. The van der Waals surface area contributed by atoms with Gasteiger partial charge in [-0.3, -0.25) is 0 Å². The fourth-order valence-corrected chi connectivity index (χ4v) is 5.73. The second-order valence-corrected chi connectivity index (χ2v) is 8.11. The molecule has 0 bridgehead atoms. The van der Waals surface area contributed by atoms with Crippen molar-refractivity contribution in [1.29, 1.82) is 0 Å². The molecule has 0 aromatic heterocycles. The first-order valence-corrected chi connectivity index (χ1v) is 9.16. The van der Waals surface area contributed by atoms with Gasteiger partial charge < -0.3 is 24.8 Å². The monoisotopic (exact) mass is 376 g/mol. The zero-order chi connectivity index (χ0) is 14.4. The molecule has 116 valence electrons. The smallest absolute Gasteiger partial charge is 1.00 e. The van der Waals surface area contributed by atoms with E-state index in [0.717, 1.165) is 6.42 Å². The molecule has 1 unspecified atom stereocenters. The second kappa shape index (κ2) is 7.41. The molecule has 0 aliphatic heterocycles. The fraction of sp³-hybridized carbons (Fsp3) is 0.200. The summed E-state index contributed by atoms with van der Waals surface area (Å²) in [4.78, 5) is 0. The van der Waals surface area contributed by atoms with Crippen molar-refractivity contribution in [3.05, 3.63) is 75.2 Å². The average Bonchev–Trinajstić information content (AvgIpc) is 3.03.